The molecule has 2 N–H and O–H groups in total. The zero-order valence-corrected chi connectivity index (χ0v) is 10.8. The van der Waals surface area contributed by atoms with Gasteiger partial charge in [0.15, 0.2) is 0 Å². The summed E-state index contributed by atoms with van der Waals surface area (Å²) < 4.78 is 0. The number of anilines is 1. The van der Waals surface area contributed by atoms with E-state index in [9.17, 15) is 14.4 Å². The number of amides is 3. The van der Waals surface area contributed by atoms with Gasteiger partial charge in [-0.3, -0.25) is 19.3 Å². The Balaban J connectivity index is 2.16. The molecule has 0 fully saturated rings. The Kier molecular flexibility index (Phi) is 3.25. The Hall–Kier alpha value is -2.37. The summed E-state index contributed by atoms with van der Waals surface area (Å²) >= 11 is 0. The number of carbonyl (C=O) groups excluding carboxylic acids is 3. The van der Waals surface area contributed by atoms with Crippen LogP contribution in [0, 0.1) is 0 Å². The predicted octanol–water partition coefficient (Wildman–Crippen LogP) is 0.343. The number of nitrogens with zero attached hydrogens (tertiary/aromatic N) is 2. The number of nitrogen functional groups attached to an aromatic ring is 1. The van der Waals surface area contributed by atoms with Crippen LogP contribution in [0.3, 0.4) is 0 Å². The average Bonchev–Trinajstić information content (AvgIpc) is 2.59. The van der Waals surface area contributed by atoms with Crippen LogP contribution in [0.2, 0.25) is 0 Å². The van der Waals surface area contributed by atoms with Crippen LogP contribution in [-0.4, -0.2) is 48.2 Å². The van der Waals surface area contributed by atoms with Gasteiger partial charge in [0.25, 0.3) is 11.8 Å². The van der Waals surface area contributed by atoms with Gasteiger partial charge in [-0.25, -0.2) is 0 Å². The summed E-state index contributed by atoms with van der Waals surface area (Å²) in [4.78, 5) is 38.1. The maximum Gasteiger partial charge on any atom is 0.261 e. The average molecular weight is 261 g/mol. The minimum absolute atomic E-state index is 0.0866. The lowest BCUT2D eigenvalue weighted by Gasteiger charge is -2.15. The third kappa shape index (κ3) is 2.29. The van der Waals surface area contributed by atoms with E-state index in [2.05, 4.69) is 0 Å². The Morgan fingerprint density at radius 3 is 2.47 bits per heavy atom. The van der Waals surface area contributed by atoms with Gasteiger partial charge < -0.3 is 10.6 Å². The van der Waals surface area contributed by atoms with Gasteiger partial charge in [0.2, 0.25) is 5.91 Å². The number of hydrogen-bond acceptors (Lipinski definition) is 4. The molecular weight excluding hydrogens is 246 g/mol. The molecule has 0 saturated carbocycles. The number of rotatable bonds is 3. The van der Waals surface area contributed by atoms with Crippen LogP contribution < -0.4 is 5.73 Å². The molecule has 1 aliphatic rings. The maximum atomic E-state index is 12.1. The highest BCUT2D eigenvalue weighted by Crippen LogP contribution is 2.24. The van der Waals surface area contributed by atoms with Crippen molar-refractivity contribution < 1.29 is 14.4 Å². The van der Waals surface area contributed by atoms with E-state index in [0.717, 1.165) is 4.90 Å². The first kappa shape index (κ1) is 13.1. The first-order chi connectivity index (χ1) is 8.91. The lowest BCUT2D eigenvalue weighted by molar-refractivity contribution is -0.128. The molecule has 0 bridgehead atoms. The van der Waals surface area contributed by atoms with Crippen molar-refractivity contribution in [2.45, 2.75) is 6.42 Å². The lowest BCUT2D eigenvalue weighted by atomic mass is 10.1. The Morgan fingerprint density at radius 2 is 1.84 bits per heavy atom. The maximum absolute atomic E-state index is 12.1. The van der Waals surface area contributed by atoms with Crippen molar-refractivity contribution in [1.29, 1.82) is 0 Å². The van der Waals surface area contributed by atoms with Crippen molar-refractivity contribution in [2.75, 3.05) is 26.4 Å². The van der Waals surface area contributed by atoms with Gasteiger partial charge in [-0.2, -0.15) is 0 Å². The summed E-state index contributed by atoms with van der Waals surface area (Å²) in [5.74, 6) is -0.888. The van der Waals surface area contributed by atoms with Crippen molar-refractivity contribution in [1.82, 2.24) is 9.80 Å². The number of carbonyl (C=O) groups is 3. The molecule has 0 atom stereocenters. The molecule has 0 saturated heterocycles. The molecule has 0 unspecified atom stereocenters. The minimum atomic E-state index is -0.390. The van der Waals surface area contributed by atoms with E-state index in [4.69, 9.17) is 5.73 Å². The third-order valence-corrected chi connectivity index (χ3v) is 3.04. The van der Waals surface area contributed by atoms with E-state index in [-0.39, 0.29) is 30.7 Å². The second kappa shape index (κ2) is 4.72. The van der Waals surface area contributed by atoms with Gasteiger partial charge in [0.05, 0.1) is 11.1 Å². The van der Waals surface area contributed by atoms with Gasteiger partial charge in [-0.05, 0) is 18.2 Å². The van der Waals surface area contributed by atoms with Crippen molar-refractivity contribution in [3.05, 3.63) is 29.3 Å². The van der Waals surface area contributed by atoms with Crippen molar-refractivity contribution in [2.24, 2.45) is 0 Å². The fraction of sp³-hybridized carbons (Fsp3) is 0.308. The van der Waals surface area contributed by atoms with Crippen molar-refractivity contribution in [3.63, 3.8) is 0 Å². The topological polar surface area (TPSA) is 83.7 Å². The van der Waals surface area contributed by atoms with E-state index in [1.807, 2.05) is 0 Å². The fourth-order valence-electron chi connectivity index (χ4n) is 1.94. The largest absolute Gasteiger partial charge is 0.399 e. The molecule has 19 heavy (non-hydrogen) atoms. The predicted molar refractivity (Wildman–Crippen MR) is 69.5 cm³/mol. The van der Waals surface area contributed by atoms with Crippen LogP contribution in [0.4, 0.5) is 5.69 Å². The highest BCUT2D eigenvalue weighted by molar-refractivity contribution is 6.21. The van der Waals surface area contributed by atoms with E-state index in [1.54, 1.807) is 26.2 Å². The molecule has 0 aliphatic carbocycles. The van der Waals surface area contributed by atoms with Crippen LogP contribution in [0.1, 0.15) is 27.1 Å². The van der Waals surface area contributed by atoms with Gasteiger partial charge in [0.1, 0.15) is 0 Å². The molecule has 2 rings (SSSR count). The summed E-state index contributed by atoms with van der Waals surface area (Å²) in [6.07, 6.45) is 0.119. The summed E-state index contributed by atoms with van der Waals surface area (Å²) in [5, 5.41) is 0. The second-order valence-electron chi connectivity index (χ2n) is 4.61. The molecule has 0 aromatic heterocycles. The summed E-state index contributed by atoms with van der Waals surface area (Å²) in [5.41, 5.74) is 6.69. The number of hydrogen-bond donors (Lipinski definition) is 1. The van der Waals surface area contributed by atoms with E-state index < -0.39 is 0 Å². The Bertz CT molecular complexity index is 566. The molecule has 1 aromatic carbocycles. The van der Waals surface area contributed by atoms with E-state index in [0.29, 0.717) is 16.8 Å². The Morgan fingerprint density at radius 1 is 1.21 bits per heavy atom. The van der Waals surface area contributed by atoms with E-state index in [1.165, 1.54) is 11.0 Å². The fourth-order valence-corrected chi connectivity index (χ4v) is 1.94. The SMILES string of the molecule is CN(C)C(=O)CCN1C(=O)c2ccc(N)cc2C1=O. The number of benzene rings is 1. The lowest BCUT2D eigenvalue weighted by Crippen LogP contribution is -2.34. The van der Waals surface area contributed by atoms with Gasteiger partial charge in [0, 0.05) is 32.7 Å². The molecule has 1 heterocycles. The third-order valence-electron chi connectivity index (χ3n) is 3.04. The second-order valence-corrected chi connectivity index (χ2v) is 4.61. The van der Waals surface area contributed by atoms with Crippen LogP contribution in [-0.2, 0) is 4.79 Å². The quantitative estimate of drug-likeness (QED) is 0.628. The number of fused-ring (bicyclic) bond motifs is 1. The Labute approximate surface area is 110 Å². The molecule has 0 radical (unpaired) electrons. The first-order valence-corrected chi connectivity index (χ1v) is 5.87. The van der Waals surface area contributed by atoms with Gasteiger partial charge >= 0.3 is 0 Å². The zero-order valence-electron chi connectivity index (χ0n) is 10.8. The van der Waals surface area contributed by atoms with Crippen molar-refractivity contribution >= 4 is 23.4 Å². The highest BCUT2D eigenvalue weighted by Gasteiger charge is 2.35. The summed E-state index contributed by atoms with van der Waals surface area (Å²) in [6.45, 7) is 0.0866. The zero-order chi connectivity index (χ0) is 14.2. The van der Waals surface area contributed by atoms with E-state index >= 15 is 0 Å². The smallest absolute Gasteiger partial charge is 0.261 e. The number of imide groups is 1. The van der Waals surface area contributed by atoms with Crippen LogP contribution in [0.15, 0.2) is 18.2 Å². The van der Waals surface area contributed by atoms with Crippen LogP contribution in [0.25, 0.3) is 0 Å². The van der Waals surface area contributed by atoms with Crippen LogP contribution >= 0.6 is 0 Å². The normalized spacial score (nSPS) is 13.7. The molecule has 1 aromatic rings. The molecule has 6 nitrogen and oxygen atoms in total. The summed E-state index contributed by atoms with van der Waals surface area (Å²) in [7, 11) is 3.26. The highest BCUT2D eigenvalue weighted by atomic mass is 16.2. The van der Waals surface area contributed by atoms with Crippen LogP contribution in [0.5, 0.6) is 0 Å². The molecule has 100 valence electrons. The molecule has 1 aliphatic heterocycles. The standard InChI is InChI=1S/C13H15N3O3/c1-15(2)11(17)5-6-16-12(18)9-4-3-8(14)7-10(9)13(16)19/h3-4,7H,5-6,14H2,1-2H3. The molecule has 3 amide bonds. The number of nitrogens with two attached hydrogens (primary N) is 1. The molecule has 0 spiro atoms. The van der Waals surface area contributed by atoms with Gasteiger partial charge in [-0.1, -0.05) is 0 Å². The first-order valence-electron chi connectivity index (χ1n) is 5.87. The van der Waals surface area contributed by atoms with Crippen molar-refractivity contribution in [3.8, 4) is 0 Å². The monoisotopic (exact) mass is 261 g/mol. The minimum Gasteiger partial charge on any atom is -0.399 e. The summed E-state index contributed by atoms with van der Waals surface area (Å²) in [6, 6.07) is 4.61. The van der Waals surface area contributed by atoms with Gasteiger partial charge in [-0.15, -0.1) is 0 Å². The molecular formula is C13H15N3O3. The molecule has 6 heteroatoms.